The lowest BCUT2D eigenvalue weighted by Gasteiger charge is -2.42. The number of nitrogens with zero attached hydrogens (tertiary/aromatic N) is 1. The lowest BCUT2D eigenvalue weighted by Crippen LogP contribution is -2.55. The van der Waals surface area contributed by atoms with Crippen LogP contribution in [0.25, 0.3) is 6.08 Å². The van der Waals surface area contributed by atoms with Gasteiger partial charge in [-0.05, 0) is 31.5 Å². The molecule has 1 aromatic rings. The number of likely N-dealkylation sites (N-methyl/N-ethyl adjacent to an activating group) is 1. The molecule has 0 radical (unpaired) electrons. The fraction of sp³-hybridized carbons (Fsp3) is 0.474. The van der Waals surface area contributed by atoms with Gasteiger partial charge in [0.15, 0.2) is 11.5 Å². The predicted molar refractivity (Wildman–Crippen MR) is 96.3 cm³/mol. The third-order valence-electron chi connectivity index (χ3n) is 4.93. The van der Waals surface area contributed by atoms with Gasteiger partial charge in [-0.1, -0.05) is 19.1 Å². The van der Waals surface area contributed by atoms with Gasteiger partial charge in [0, 0.05) is 17.6 Å². The Balaban J connectivity index is 1.57. The maximum Gasteiger partial charge on any atom is 0.317 e. The number of ether oxygens (including phenoxy) is 2. The Morgan fingerprint density at radius 1 is 1.38 bits per heavy atom. The summed E-state index contributed by atoms with van der Waals surface area (Å²) in [5.74, 6) is 0.349. The quantitative estimate of drug-likeness (QED) is 0.767. The summed E-state index contributed by atoms with van der Waals surface area (Å²) in [6, 6.07) is 5.85. The van der Waals surface area contributed by atoms with E-state index in [-0.39, 0.29) is 31.1 Å². The van der Waals surface area contributed by atoms with Crippen LogP contribution in [0.4, 0.5) is 0 Å². The zero-order chi connectivity index (χ0) is 18.7. The molecule has 0 spiro atoms. The summed E-state index contributed by atoms with van der Waals surface area (Å²) in [7, 11) is 1.59. The number of fused-ring (bicyclic) bond motifs is 1. The number of nitrogens with one attached hydrogen (secondary N) is 1. The van der Waals surface area contributed by atoms with Crippen LogP contribution >= 0.6 is 0 Å². The average Bonchev–Trinajstić information content (AvgIpc) is 2.61. The standard InChI is InChI=1S/C19H24N2O5/c1-3-21(10-17(22)23)15-8-14(9-15)20-19(24)13-7-12-5-4-6-16(25-2)18(12)26-11-13/h4-7,14-15H,3,8-11H2,1-2H3,(H,20,24)(H,22,23). The predicted octanol–water partition coefficient (Wildman–Crippen LogP) is 1.52. The van der Waals surface area contributed by atoms with Crippen LogP contribution in [0.3, 0.4) is 0 Å². The minimum atomic E-state index is -0.821. The van der Waals surface area contributed by atoms with E-state index >= 15 is 0 Å². The van der Waals surface area contributed by atoms with E-state index in [0.29, 0.717) is 23.6 Å². The van der Waals surface area contributed by atoms with Gasteiger partial charge in [-0.25, -0.2) is 0 Å². The number of carbonyl (C=O) groups is 2. The van der Waals surface area contributed by atoms with Crippen LogP contribution in [0.1, 0.15) is 25.3 Å². The molecule has 3 rings (SSSR count). The van der Waals surface area contributed by atoms with Gasteiger partial charge in [-0.15, -0.1) is 0 Å². The van der Waals surface area contributed by atoms with Crippen LogP contribution in [-0.4, -0.2) is 60.8 Å². The Kier molecular flexibility index (Phi) is 5.46. The first kappa shape index (κ1) is 18.3. The Labute approximate surface area is 152 Å². The molecule has 1 heterocycles. The van der Waals surface area contributed by atoms with Crippen molar-refractivity contribution in [2.24, 2.45) is 0 Å². The number of carbonyl (C=O) groups excluding carboxylic acids is 1. The second-order valence-corrected chi connectivity index (χ2v) is 6.59. The smallest absolute Gasteiger partial charge is 0.317 e. The normalized spacial score (nSPS) is 21.1. The number of amides is 1. The van der Waals surface area contributed by atoms with E-state index < -0.39 is 5.97 Å². The van der Waals surface area contributed by atoms with Crippen molar-refractivity contribution in [2.45, 2.75) is 31.8 Å². The van der Waals surface area contributed by atoms with Gasteiger partial charge >= 0.3 is 5.97 Å². The summed E-state index contributed by atoms with van der Waals surface area (Å²) in [6.45, 7) is 2.88. The van der Waals surface area contributed by atoms with Crippen molar-refractivity contribution in [1.82, 2.24) is 10.2 Å². The summed E-state index contributed by atoms with van der Waals surface area (Å²) in [4.78, 5) is 25.3. The SMILES string of the molecule is CCN(CC(=O)O)C1CC(NC(=O)C2=Cc3cccc(OC)c3OC2)C1. The molecular weight excluding hydrogens is 336 g/mol. The maximum absolute atomic E-state index is 12.5. The van der Waals surface area contributed by atoms with Crippen LogP contribution in [0, 0.1) is 0 Å². The lowest BCUT2D eigenvalue weighted by atomic mass is 9.85. The van der Waals surface area contributed by atoms with Crippen LogP contribution < -0.4 is 14.8 Å². The van der Waals surface area contributed by atoms with Crippen LogP contribution in [0.15, 0.2) is 23.8 Å². The van der Waals surface area contributed by atoms with Gasteiger partial charge < -0.3 is 19.9 Å². The van der Waals surface area contributed by atoms with Gasteiger partial charge in [0.2, 0.25) is 0 Å². The number of carboxylic acids is 1. The lowest BCUT2D eigenvalue weighted by molar-refractivity contribution is -0.139. The molecule has 26 heavy (non-hydrogen) atoms. The van der Waals surface area contributed by atoms with E-state index in [0.717, 1.165) is 18.4 Å². The van der Waals surface area contributed by atoms with Crippen molar-refractivity contribution in [3.63, 3.8) is 0 Å². The Morgan fingerprint density at radius 3 is 2.81 bits per heavy atom. The highest BCUT2D eigenvalue weighted by molar-refractivity contribution is 5.99. The Morgan fingerprint density at radius 2 is 2.15 bits per heavy atom. The van der Waals surface area contributed by atoms with Crippen molar-refractivity contribution < 1.29 is 24.2 Å². The molecule has 0 bridgehead atoms. The molecule has 7 nitrogen and oxygen atoms in total. The zero-order valence-electron chi connectivity index (χ0n) is 15.0. The molecule has 0 atom stereocenters. The molecule has 1 saturated carbocycles. The minimum absolute atomic E-state index is 0.0411. The third-order valence-corrected chi connectivity index (χ3v) is 4.93. The number of methoxy groups -OCH3 is 1. The molecule has 7 heteroatoms. The average molecular weight is 360 g/mol. The molecule has 2 aliphatic rings. The molecule has 1 aromatic carbocycles. The minimum Gasteiger partial charge on any atom is -0.493 e. The van der Waals surface area contributed by atoms with Crippen molar-refractivity contribution in [3.05, 3.63) is 29.3 Å². The molecular formula is C19H24N2O5. The van der Waals surface area contributed by atoms with Gasteiger partial charge in [0.05, 0.1) is 19.2 Å². The summed E-state index contributed by atoms with van der Waals surface area (Å²) in [5.41, 5.74) is 1.40. The number of benzene rings is 1. The Bertz CT molecular complexity index is 725. The monoisotopic (exact) mass is 360 g/mol. The highest BCUT2D eigenvalue weighted by Crippen LogP contribution is 2.35. The molecule has 0 saturated heterocycles. The van der Waals surface area contributed by atoms with E-state index in [9.17, 15) is 9.59 Å². The molecule has 1 aliphatic heterocycles. The van der Waals surface area contributed by atoms with Gasteiger partial charge in [-0.3, -0.25) is 14.5 Å². The highest BCUT2D eigenvalue weighted by Gasteiger charge is 2.35. The molecule has 140 valence electrons. The van der Waals surface area contributed by atoms with Crippen molar-refractivity contribution in [2.75, 3.05) is 26.8 Å². The zero-order valence-corrected chi connectivity index (χ0v) is 15.0. The fourth-order valence-corrected chi connectivity index (χ4v) is 3.43. The van der Waals surface area contributed by atoms with Crippen LogP contribution in [0.2, 0.25) is 0 Å². The number of aliphatic carboxylic acids is 1. The summed E-state index contributed by atoms with van der Waals surface area (Å²) >= 11 is 0. The molecule has 0 unspecified atom stereocenters. The van der Waals surface area contributed by atoms with E-state index in [1.165, 1.54) is 0 Å². The first-order valence-corrected chi connectivity index (χ1v) is 8.78. The Hall–Kier alpha value is -2.54. The van der Waals surface area contributed by atoms with Crippen molar-refractivity contribution in [1.29, 1.82) is 0 Å². The molecule has 2 N–H and O–H groups in total. The molecule has 1 fully saturated rings. The van der Waals surface area contributed by atoms with Gasteiger partial charge in [-0.2, -0.15) is 0 Å². The van der Waals surface area contributed by atoms with Crippen LogP contribution in [-0.2, 0) is 9.59 Å². The van der Waals surface area contributed by atoms with E-state index in [4.69, 9.17) is 14.6 Å². The highest BCUT2D eigenvalue weighted by atomic mass is 16.5. The number of hydrogen-bond donors (Lipinski definition) is 2. The summed E-state index contributed by atoms with van der Waals surface area (Å²) in [6.07, 6.45) is 3.37. The molecule has 0 aromatic heterocycles. The first-order valence-electron chi connectivity index (χ1n) is 8.78. The summed E-state index contributed by atoms with van der Waals surface area (Å²) < 4.78 is 11.0. The largest absolute Gasteiger partial charge is 0.493 e. The van der Waals surface area contributed by atoms with E-state index in [2.05, 4.69) is 5.32 Å². The van der Waals surface area contributed by atoms with Crippen molar-refractivity contribution in [3.8, 4) is 11.5 Å². The van der Waals surface area contributed by atoms with Gasteiger partial charge in [0.1, 0.15) is 6.61 Å². The van der Waals surface area contributed by atoms with Crippen molar-refractivity contribution >= 4 is 18.0 Å². The number of hydrogen-bond acceptors (Lipinski definition) is 5. The molecule has 1 amide bonds. The van der Waals surface area contributed by atoms with Gasteiger partial charge in [0.25, 0.3) is 5.91 Å². The molecule has 1 aliphatic carbocycles. The van der Waals surface area contributed by atoms with E-state index in [1.54, 1.807) is 7.11 Å². The third kappa shape index (κ3) is 3.83. The number of para-hydroxylation sites is 1. The number of rotatable bonds is 7. The fourth-order valence-electron chi connectivity index (χ4n) is 3.43. The maximum atomic E-state index is 12.5. The second-order valence-electron chi connectivity index (χ2n) is 6.59. The number of carboxylic acid groups (broad SMARTS) is 1. The second kappa shape index (κ2) is 7.78. The topological polar surface area (TPSA) is 88.1 Å². The summed E-state index contributed by atoms with van der Waals surface area (Å²) in [5, 5.41) is 12.0. The first-order chi connectivity index (χ1) is 12.5. The van der Waals surface area contributed by atoms with Crippen LogP contribution in [0.5, 0.6) is 11.5 Å². The van der Waals surface area contributed by atoms with E-state index in [1.807, 2.05) is 36.1 Å².